The topological polar surface area (TPSA) is 141 Å². The van der Waals surface area contributed by atoms with Crippen molar-refractivity contribution in [2.75, 3.05) is 5.32 Å². The number of aromatic amines is 1. The van der Waals surface area contributed by atoms with Gasteiger partial charge < -0.3 is 10.1 Å². The first-order valence-electron chi connectivity index (χ1n) is 12.1. The van der Waals surface area contributed by atoms with Crippen LogP contribution in [-0.4, -0.2) is 35.4 Å². The summed E-state index contributed by atoms with van der Waals surface area (Å²) in [5.41, 5.74) is 3.55. The number of rotatable bonds is 10. The third-order valence-corrected chi connectivity index (χ3v) is 9.21. The van der Waals surface area contributed by atoms with Crippen LogP contribution >= 0.6 is 11.3 Å². The highest BCUT2D eigenvalue weighted by molar-refractivity contribution is 7.91. The van der Waals surface area contributed by atoms with Crippen LogP contribution in [0, 0.1) is 0 Å². The van der Waals surface area contributed by atoms with E-state index in [4.69, 9.17) is 0 Å². The van der Waals surface area contributed by atoms with Crippen molar-refractivity contribution >= 4 is 55.8 Å². The van der Waals surface area contributed by atoms with Crippen molar-refractivity contribution in [3.05, 3.63) is 109 Å². The van der Waals surface area contributed by atoms with Crippen molar-refractivity contribution in [3.8, 4) is 10.4 Å². The second-order valence-electron chi connectivity index (χ2n) is 8.92. The van der Waals surface area contributed by atoms with Crippen LogP contribution in [0.4, 0.5) is 5.95 Å². The van der Waals surface area contributed by atoms with Crippen molar-refractivity contribution < 1.29 is 23.1 Å². The molecule has 0 bridgehead atoms. The molecule has 1 atom stereocenters. The summed E-state index contributed by atoms with van der Waals surface area (Å²) in [6.07, 6.45) is -0.401. The molecule has 1 unspecified atom stereocenters. The van der Waals surface area contributed by atoms with Crippen LogP contribution in [0.25, 0.3) is 27.0 Å². The van der Waals surface area contributed by atoms with Gasteiger partial charge in [0, 0.05) is 10.5 Å². The molecule has 9 nitrogen and oxygen atoms in total. The molecule has 0 saturated carbocycles. The smallest absolute Gasteiger partial charge is 0.305 e. The highest BCUT2D eigenvalue weighted by atomic mass is 32.2. The summed E-state index contributed by atoms with van der Waals surface area (Å²) in [5.74, 6) is -1.24. The summed E-state index contributed by atoms with van der Waals surface area (Å²) < 4.78 is 28.9. The average Bonchev–Trinajstić information content (AvgIpc) is 3.60. The standard InChI is InChI=1S/C29H24N4O5S2/c1-18(28(36)32-29-30-22-12-5-6-13-23(22)31-29)20-10-7-11-21(16-20)25-14-15-27(39-25)40(37,38)33-24(17-26(34)35)19-8-3-2-4-9-19/h2-16,24,33H,1,17H2,(H,34,35)(H2,30,31,32,36). The Morgan fingerprint density at radius 1 is 0.975 bits per heavy atom. The van der Waals surface area contributed by atoms with E-state index in [9.17, 15) is 23.1 Å². The first-order valence-corrected chi connectivity index (χ1v) is 14.4. The molecule has 0 radical (unpaired) electrons. The van der Waals surface area contributed by atoms with Crippen molar-refractivity contribution in [1.82, 2.24) is 14.7 Å². The minimum atomic E-state index is -4.01. The Hall–Kier alpha value is -4.58. The summed E-state index contributed by atoms with van der Waals surface area (Å²) in [6.45, 7) is 3.94. The van der Waals surface area contributed by atoms with E-state index in [-0.39, 0.29) is 9.78 Å². The van der Waals surface area contributed by atoms with Gasteiger partial charge in [-0.15, -0.1) is 11.3 Å². The Morgan fingerprint density at radius 2 is 1.73 bits per heavy atom. The predicted octanol–water partition coefficient (Wildman–Crippen LogP) is 5.44. The molecule has 40 heavy (non-hydrogen) atoms. The highest BCUT2D eigenvalue weighted by Crippen LogP contribution is 2.33. The van der Waals surface area contributed by atoms with E-state index in [1.54, 1.807) is 60.7 Å². The number of aliphatic carboxylic acids is 1. The summed E-state index contributed by atoms with van der Waals surface area (Å²) in [7, 11) is -4.01. The molecule has 2 aromatic heterocycles. The molecular weight excluding hydrogens is 548 g/mol. The molecule has 1 amide bonds. The average molecular weight is 573 g/mol. The Bertz CT molecular complexity index is 1790. The number of hydrogen-bond donors (Lipinski definition) is 4. The van der Waals surface area contributed by atoms with Crippen molar-refractivity contribution in [1.29, 1.82) is 0 Å². The lowest BCUT2D eigenvalue weighted by Gasteiger charge is -2.16. The quantitative estimate of drug-likeness (QED) is 0.164. The molecule has 0 aliphatic heterocycles. The number of thiophene rings is 1. The summed E-state index contributed by atoms with van der Waals surface area (Å²) >= 11 is 1.04. The Balaban J connectivity index is 1.33. The summed E-state index contributed by atoms with van der Waals surface area (Å²) in [4.78, 5) is 32.3. The normalized spacial score (nSPS) is 12.2. The number of nitrogens with one attached hydrogen (secondary N) is 3. The number of anilines is 1. The zero-order chi connectivity index (χ0) is 28.3. The van der Waals surface area contributed by atoms with E-state index in [1.165, 1.54) is 6.07 Å². The van der Waals surface area contributed by atoms with Crippen molar-refractivity contribution in [2.45, 2.75) is 16.7 Å². The van der Waals surface area contributed by atoms with Crippen LogP contribution in [0.1, 0.15) is 23.6 Å². The van der Waals surface area contributed by atoms with Crippen LogP contribution in [0.5, 0.6) is 0 Å². The number of carbonyl (C=O) groups is 2. The molecule has 0 saturated heterocycles. The molecule has 202 valence electrons. The number of amides is 1. The molecular formula is C29H24N4O5S2. The molecule has 0 fully saturated rings. The van der Waals surface area contributed by atoms with Gasteiger partial charge in [-0.2, -0.15) is 0 Å². The van der Waals surface area contributed by atoms with Crippen LogP contribution in [0.15, 0.2) is 102 Å². The number of imidazole rings is 1. The number of carboxylic acid groups (broad SMARTS) is 1. The number of nitrogens with zero attached hydrogens (tertiary/aromatic N) is 1. The minimum absolute atomic E-state index is 0.0423. The van der Waals surface area contributed by atoms with E-state index in [0.29, 0.717) is 27.5 Å². The molecule has 5 rings (SSSR count). The zero-order valence-electron chi connectivity index (χ0n) is 21.0. The predicted molar refractivity (Wildman–Crippen MR) is 155 cm³/mol. The van der Waals surface area contributed by atoms with Gasteiger partial charge in [0.15, 0.2) is 0 Å². The molecule has 3 aromatic carbocycles. The van der Waals surface area contributed by atoms with Crippen LogP contribution in [-0.2, 0) is 19.6 Å². The van der Waals surface area contributed by atoms with E-state index >= 15 is 0 Å². The van der Waals surface area contributed by atoms with Gasteiger partial charge in [0.1, 0.15) is 4.21 Å². The third kappa shape index (κ3) is 6.01. The second kappa shape index (κ2) is 11.3. The third-order valence-electron chi connectivity index (χ3n) is 6.12. The van der Waals surface area contributed by atoms with E-state index in [2.05, 4.69) is 26.6 Å². The Labute approximate surface area is 234 Å². The van der Waals surface area contributed by atoms with Gasteiger partial charge in [-0.05, 0) is 47.0 Å². The van der Waals surface area contributed by atoms with E-state index in [0.717, 1.165) is 22.4 Å². The Morgan fingerprint density at radius 3 is 2.48 bits per heavy atom. The first-order chi connectivity index (χ1) is 19.2. The maximum atomic E-state index is 13.2. The lowest BCUT2D eigenvalue weighted by Crippen LogP contribution is -2.29. The number of hydrogen-bond acceptors (Lipinski definition) is 6. The fraction of sp³-hybridized carbons (Fsp3) is 0.0690. The number of carboxylic acids is 1. The van der Waals surface area contributed by atoms with Gasteiger partial charge in [0.05, 0.1) is 23.5 Å². The lowest BCUT2D eigenvalue weighted by atomic mass is 10.0. The van der Waals surface area contributed by atoms with Crippen molar-refractivity contribution in [3.63, 3.8) is 0 Å². The van der Waals surface area contributed by atoms with E-state index in [1.807, 2.05) is 24.3 Å². The van der Waals surface area contributed by atoms with Gasteiger partial charge in [-0.3, -0.25) is 14.9 Å². The fourth-order valence-electron chi connectivity index (χ4n) is 4.14. The number of benzene rings is 3. The van der Waals surface area contributed by atoms with Gasteiger partial charge in [0.25, 0.3) is 15.9 Å². The summed E-state index contributed by atoms with van der Waals surface area (Å²) in [6, 6.07) is 25.3. The maximum Gasteiger partial charge on any atom is 0.305 e. The van der Waals surface area contributed by atoms with Crippen LogP contribution in [0.2, 0.25) is 0 Å². The Kier molecular flexibility index (Phi) is 7.60. The number of aromatic nitrogens is 2. The number of carbonyl (C=O) groups excluding carboxylic acids is 1. The lowest BCUT2D eigenvalue weighted by molar-refractivity contribution is -0.137. The SMILES string of the molecule is C=C(C(=O)Nc1nc2ccccc2[nH]1)c1cccc(-c2ccc(S(=O)(=O)NC(CC(=O)O)c3ccccc3)s2)c1. The monoisotopic (exact) mass is 572 g/mol. The molecule has 2 heterocycles. The van der Waals surface area contributed by atoms with Gasteiger partial charge in [0.2, 0.25) is 5.95 Å². The number of para-hydroxylation sites is 2. The highest BCUT2D eigenvalue weighted by Gasteiger charge is 2.25. The number of sulfonamides is 1. The largest absolute Gasteiger partial charge is 0.481 e. The van der Waals surface area contributed by atoms with Crippen molar-refractivity contribution in [2.24, 2.45) is 0 Å². The molecule has 0 spiro atoms. The molecule has 0 aliphatic rings. The van der Waals surface area contributed by atoms with Crippen LogP contribution < -0.4 is 10.0 Å². The van der Waals surface area contributed by atoms with Gasteiger partial charge in [-0.1, -0.05) is 67.2 Å². The van der Waals surface area contributed by atoms with Gasteiger partial charge in [-0.25, -0.2) is 18.1 Å². The minimum Gasteiger partial charge on any atom is -0.481 e. The van der Waals surface area contributed by atoms with E-state index < -0.39 is 34.4 Å². The van der Waals surface area contributed by atoms with Crippen LogP contribution in [0.3, 0.4) is 0 Å². The molecule has 0 aliphatic carbocycles. The first kappa shape index (κ1) is 27.0. The van der Waals surface area contributed by atoms with Gasteiger partial charge >= 0.3 is 5.97 Å². The number of fused-ring (bicyclic) bond motifs is 1. The second-order valence-corrected chi connectivity index (χ2v) is 11.9. The molecule has 4 N–H and O–H groups in total. The number of H-pyrrole nitrogens is 1. The zero-order valence-corrected chi connectivity index (χ0v) is 22.6. The maximum absolute atomic E-state index is 13.2. The fourth-order valence-corrected chi connectivity index (χ4v) is 6.68. The molecule has 5 aromatic rings. The molecule has 11 heteroatoms. The summed E-state index contributed by atoms with van der Waals surface area (Å²) in [5, 5.41) is 12.0.